The first kappa shape index (κ1) is 17.2. The number of piperidine rings is 1. The Labute approximate surface area is 130 Å². The van der Waals surface area contributed by atoms with Gasteiger partial charge >= 0.3 is 0 Å². The highest BCUT2D eigenvalue weighted by Crippen LogP contribution is 2.32. The highest BCUT2D eigenvalue weighted by atomic mass is 32.2. The summed E-state index contributed by atoms with van der Waals surface area (Å²) < 4.78 is 29.3. The number of nitrogens with one attached hydrogen (secondary N) is 1. The molecule has 0 bridgehead atoms. The van der Waals surface area contributed by atoms with Gasteiger partial charge in [0.05, 0.1) is 0 Å². The average Bonchev–Trinajstić information content (AvgIpc) is 3.24. The first-order valence-corrected chi connectivity index (χ1v) is 9.76. The molecule has 2 rings (SSSR count). The van der Waals surface area contributed by atoms with Gasteiger partial charge in [0, 0.05) is 25.7 Å². The van der Waals surface area contributed by atoms with Crippen molar-refractivity contribution in [3.63, 3.8) is 0 Å². The molecule has 1 saturated carbocycles. The lowest BCUT2D eigenvalue weighted by atomic mass is 9.98. The lowest BCUT2D eigenvalue weighted by molar-refractivity contribution is 0.247. The van der Waals surface area contributed by atoms with Crippen molar-refractivity contribution in [3.05, 3.63) is 0 Å². The fourth-order valence-electron chi connectivity index (χ4n) is 3.02. The normalized spacial score (nSPS) is 22.3. The molecule has 0 unspecified atom stereocenters. The largest absolute Gasteiger partial charge is 0.319 e. The van der Waals surface area contributed by atoms with E-state index in [1.165, 1.54) is 0 Å². The molecular weight excluding hydrogens is 286 g/mol. The molecule has 0 atom stereocenters. The van der Waals surface area contributed by atoms with Gasteiger partial charge in [-0.25, -0.2) is 0 Å². The molecule has 0 spiro atoms. The fourth-order valence-corrected chi connectivity index (χ4v) is 4.91. The predicted molar refractivity (Wildman–Crippen MR) is 86.3 cm³/mol. The van der Waals surface area contributed by atoms with Crippen molar-refractivity contribution in [1.82, 2.24) is 13.9 Å². The summed E-state index contributed by atoms with van der Waals surface area (Å²) in [4.78, 5) is 0. The van der Waals surface area contributed by atoms with Gasteiger partial charge in [0.25, 0.3) is 10.2 Å². The van der Waals surface area contributed by atoms with Crippen molar-refractivity contribution in [2.45, 2.75) is 52.0 Å². The molecule has 0 aromatic heterocycles. The second kappa shape index (κ2) is 7.40. The zero-order valence-electron chi connectivity index (χ0n) is 13.7. The number of hydrogen-bond acceptors (Lipinski definition) is 3. The molecule has 5 nitrogen and oxygen atoms in total. The minimum absolute atomic E-state index is 0.267. The van der Waals surface area contributed by atoms with Gasteiger partial charge in [-0.15, -0.1) is 0 Å². The van der Waals surface area contributed by atoms with Gasteiger partial charge < -0.3 is 5.32 Å². The molecule has 21 heavy (non-hydrogen) atoms. The Hall–Kier alpha value is -0.170. The summed E-state index contributed by atoms with van der Waals surface area (Å²) >= 11 is 0. The monoisotopic (exact) mass is 317 g/mol. The minimum Gasteiger partial charge on any atom is -0.319 e. The van der Waals surface area contributed by atoms with Gasteiger partial charge in [-0.2, -0.15) is 17.0 Å². The number of nitrogens with zero attached hydrogens (tertiary/aromatic N) is 2. The van der Waals surface area contributed by atoms with Crippen LogP contribution < -0.4 is 5.32 Å². The molecule has 2 fully saturated rings. The maximum Gasteiger partial charge on any atom is 0.282 e. The highest BCUT2D eigenvalue weighted by molar-refractivity contribution is 7.86. The van der Waals surface area contributed by atoms with E-state index in [0.29, 0.717) is 31.5 Å². The quantitative estimate of drug-likeness (QED) is 0.741. The van der Waals surface area contributed by atoms with Gasteiger partial charge in [-0.05, 0) is 57.5 Å². The van der Waals surface area contributed by atoms with E-state index in [0.717, 1.165) is 38.6 Å². The summed E-state index contributed by atoms with van der Waals surface area (Å²) in [6, 6.07) is 0.267. The van der Waals surface area contributed by atoms with E-state index in [2.05, 4.69) is 19.2 Å². The van der Waals surface area contributed by atoms with E-state index in [9.17, 15) is 8.42 Å². The molecule has 0 radical (unpaired) electrons. The first-order chi connectivity index (χ1) is 9.95. The van der Waals surface area contributed by atoms with E-state index >= 15 is 0 Å². The van der Waals surface area contributed by atoms with Crippen LogP contribution in [0.4, 0.5) is 0 Å². The lowest BCUT2D eigenvalue weighted by Gasteiger charge is -2.35. The molecule has 1 N–H and O–H groups in total. The fraction of sp³-hybridized carbons (Fsp3) is 1.00. The minimum atomic E-state index is -3.25. The molecule has 6 heteroatoms. The third kappa shape index (κ3) is 4.65. The van der Waals surface area contributed by atoms with Crippen LogP contribution in [0.2, 0.25) is 0 Å². The van der Waals surface area contributed by atoms with Crippen LogP contribution in [0.15, 0.2) is 0 Å². The van der Waals surface area contributed by atoms with Crippen LogP contribution in [-0.2, 0) is 10.2 Å². The van der Waals surface area contributed by atoms with Crippen molar-refractivity contribution in [2.24, 2.45) is 11.8 Å². The Morgan fingerprint density at radius 1 is 1.19 bits per heavy atom. The maximum absolute atomic E-state index is 12.9. The van der Waals surface area contributed by atoms with Gasteiger partial charge in [0.15, 0.2) is 0 Å². The van der Waals surface area contributed by atoms with Crippen molar-refractivity contribution >= 4 is 10.2 Å². The standard InChI is InChI=1S/C15H31N3O2S/c1-13(2)6-11-18(15-4-5-15)21(19,20)17-9-7-14(8-10-17)12-16-3/h13-16H,4-12H2,1-3H3. The Morgan fingerprint density at radius 2 is 1.81 bits per heavy atom. The lowest BCUT2D eigenvalue weighted by Crippen LogP contribution is -2.49. The summed E-state index contributed by atoms with van der Waals surface area (Å²) in [6.45, 7) is 7.34. The second-order valence-electron chi connectivity index (χ2n) is 6.93. The smallest absolute Gasteiger partial charge is 0.282 e. The molecule has 2 aliphatic rings. The Kier molecular flexibility index (Phi) is 6.05. The SMILES string of the molecule is CNCC1CCN(S(=O)(=O)N(CCC(C)C)C2CC2)CC1. The highest BCUT2D eigenvalue weighted by Gasteiger charge is 2.40. The van der Waals surface area contributed by atoms with Crippen molar-refractivity contribution in [3.8, 4) is 0 Å². The van der Waals surface area contributed by atoms with E-state index in [4.69, 9.17) is 0 Å². The van der Waals surface area contributed by atoms with Crippen LogP contribution >= 0.6 is 0 Å². The van der Waals surface area contributed by atoms with E-state index in [1.54, 1.807) is 8.61 Å². The van der Waals surface area contributed by atoms with Crippen LogP contribution in [0, 0.1) is 11.8 Å². The van der Waals surface area contributed by atoms with Crippen LogP contribution in [-0.4, -0.2) is 56.3 Å². The second-order valence-corrected chi connectivity index (χ2v) is 8.81. The van der Waals surface area contributed by atoms with Crippen LogP contribution in [0.1, 0.15) is 46.0 Å². The summed E-state index contributed by atoms with van der Waals surface area (Å²) in [5, 5.41) is 3.20. The summed E-state index contributed by atoms with van der Waals surface area (Å²) in [5.74, 6) is 1.16. The van der Waals surface area contributed by atoms with Crippen LogP contribution in [0.5, 0.6) is 0 Å². The third-order valence-corrected chi connectivity index (χ3v) is 6.66. The molecule has 0 amide bonds. The Morgan fingerprint density at radius 3 is 2.29 bits per heavy atom. The van der Waals surface area contributed by atoms with Gasteiger partial charge in [0.2, 0.25) is 0 Å². The molecular formula is C15H31N3O2S. The summed E-state index contributed by atoms with van der Waals surface area (Å²) in [5.41, 5.74) is 0. The van der Waals surface area contributed by atoms with Crippen LogP contribution in [0.25, 0.3) is 0 Å². The van der Waals surface area contributed by atoms with Crippen molar-refractivity contribution in [1.29, 1.82) is 0 Å². The molecule has 1 aliphatic carbocycles. The maximum atomic E-state index is 12.9. The number of rotatable bonds is 8. The molecule has 1 aliphatic heterocycles. The Bertz CT molecular complexity index is 413. The molecule has 1 heterocycles. The molecule has 0 aromatic carbocycles. The zero-order valence-corrected chi connectivity index (χ0v) is 14.5. The van der Waals surface area contributed by atoms with E-state index in [-0.39, 0.29) is 6.04 Å². The summed E-state index contributed by atoms with van der Waals surface area (Å²) in [6.07, 6.45) is 4.97. The van der Waals surface area contributed by atoms with Crippen molar-refractivity contribution in [2.75, 3.05) is 33.2 Å². The van der Waals surface area contributed by atoms with Gasteiger partial charge in [-0.3, -0.25) is 0 Å². The molecule has 1 saturated heterocycles. The van der Waals surface area contributed by atoms with E-state index in [1.807, 2.05) is 7.05 Å². The van der Waals surface area contributed by atoms with Gasteiger partial charge in [-0.1, -0.05) is 13.8 Å². The van der Waals surface area contributed by atoms with Crippen LogP contribution in [0.3, 0.4) is 0 Å². The Balaban J connectivity index is 1.95. The third-order valence-electron chi connectivity index (χ3n) is 4.57. The molecule has 0 aromatic rings. The van der Waals surface area contributed by atoms with Gasteiger partial charge in [0.1, 0.15) is 0 Å². The zero-order chi connectivity index (χ0) is 15.5. The van der Waals surface area contributed by atoms with Crippen molar-refractivity contribution < 1.29 is 8.42 Å². The average molecular weight is 317 g/mol. The first-order valence-electron chi connectivity index (χ1n) is 8.36. The topological polar surface area (TPSA) is 52.7 Å². The summed E-state index contributed by atoms with van der Waals surface area (Å²) in [7, 11) is -1.29. The molecule has 124 valence electrons. The number of hydrogen-bond donors (Lipinski definition) is 1. The van der Waals surface area contributed by atoms with E-state index < -0.39 is 10.2 Å². The predicted octanol–water partition coefficient (Wildman–Crippen LogP) is 1.67.